The van der Waals surface area contributed by atoms with Crippen LogP contribution in [0.2, 0.25) is 0 Å². The van der Waals surface area contributed by atoms with Crippen molar-refractivity contribution in [1.82, 2.24) is 9.88 Å². The van der Waals surface area contributed by atoms with Crippen molar-refractivity contribution in [1.29, 1.82) is 0 Å². The molecule has 49 heavy (non-hydrogen) atoms. The summed E-state index contributed by atoms with van der Waals surface area (Å²) in [6.45, 7) is 9.63. The van der Waals surface area contributed by atoms with Crippen molar-refractivity contribution in [3.63, 3.8) is 0 Å². The highest BCUT2D eigenvalue weighted by atomic mass is 16.5. The summed E-state index contributed by atoms with van der Waals surface area (Å²) in [5.41, 5.74) is 0.863. The Balaban J connectivity index is 0.00000230. The lowest BCUT2D eigenvalue weighted by atomic mass is 10.1. The van der Waals surface area contributed by atoms with Gasteiger partial charge in [-0.05, 0) is 69.5 Å². The van der Waals surface area contributed by atoms with Crippen LogP contribution in [0.25, 0.3) is 23.1 Å². The molecule has 260 valence electrons. The van der Waals surface area contributed by atoms with Gasteiger partial charge in [0.25, 0.3) is 0 Å². The zero-order valence-electron chi connectivity index (χ0n) is 28.7. The summed E-state index contributed by atoms with van der Waals surface area (Å²) < 4.78 is 23.9. The second-order valence-corrected chi connectivity index (χ2v) is 12.5. The predicted octanol–water partition coefficient (Wildman–Crippen LogP) is 2.38. The average molecular weight is 669 g/mol. The average Bonchev–Trinajstić information content (AvgIpc) is 3.78. The van der Waals surface area contributed by atoms with Gasteiger partial charge in [0.15, 0.2) is 17.3 Å². The zero-order valence-corrected chi connectivity index (χ0v) is 28.7. The lowest BCUT2D eigenvalue weighted by molar-refractivity contribution is -0.144. The van der Waals surface area contributed by atoms with Gasteiger partial charge in [0.05, 0.1) is 43.6 Å². The van der Waals surface area contributed by atoms with Gasteiger partial charge in [-0.3, -0.25) is 21.4 Å². The number of benzene rings is 3. The van der Waals surface area contributed by atoms with E-state index in [-0.39, 0.29) is 12.4 Å². The second kappa shape index (κ2) is 16.8. The highest BCUT2D eigenvalue weighted by molar-refractivity contribution is 5.84. The molecular weight excluding hydrogens is 620 g/mol. The molecular formula is C38H48N6O5. The summed E-state index contributed by atoms with van der Waals surface area (Å²) in [7, 11) is 0. The third kappa shape index (κ3) is 9.84. The van der Waals surface area contributed by atoms with E-state index >= 15 is 0 Å². The number of aryl methyl sites for hydroxylation is 1. The first kappa shape index (κ1) is 35.9. The summed E-state index contributed by atoms with van der Waals surface area (Å²) in [4.78, 5) is 27.7. The van der Waals surface area contributed by atoms with Crippen LogP contribution in [0.5, 0.6) is 5.88 Å². The number of rotatable bonds is 17. The minimum absolute atomic E-state index is 0.216. The molecule has 6 rings (SSSR count). The van der Waals surface area contributed by atoms with E-state index < -0.39 is 11.4 Å². The van der Waals surface area contributed by atoms with Gasteiger partial charge in [0, 0.05) is 47.0 Å². The lowest BCUT2D eigenvalue weighted by Gasteiger charge is -2.27. The van der Waals surface area contributed by atoms with Crippen molar-refractivity contribution in [2.45, 2.75) is 51.5 Å². The number of para-hydroxylation sites is 2. The number of hydrazine groups is 1. The molecule has 2 atom stereocenters. The van der Waals surface area contributed by atoms with Gasteiger partial charge in [-0.15, -0.1) is 0 Å². The molecule has 0 saturated heterocycles. The Labute approximate surface area is 286 Å². The Morgan fingerprint density at radius 1 is 0.776 bits per heavy atom. The normalized spacial score (nSPS) is 18.7. The smallest absolute Gasteiger partial charge is 0.307 e. The maximum absolute atomic E-state index is 12.7. The fraction of sp³-hybridized carbons (Fsp3) is 0.395. The number of aromatic nitrogens is 1. The second-order valence-electron chi connectivity index (χ2n) is 12.5. The standard InChI is InChI=1S/C38H44N4O5.H4N2/c1-28-11-10-16-34-31(28)25-35(39-34)44-21-8-9-22-45-36(43)17-18-42(19-23-46-37(2)26-29-12-4-6-14-32(29)40-37)20-24-47-38(3)27-30-13-5-7-15-33(30)41-38;1-2/h4-7,10-16,25-27,39H,8-9,17-24H2,1-3H3;1-2H2. The number of aromatic amines is 1. The third-order valence-electron chi connectivity index (χ3n) is 8.56. The number of nitrogens with two attached hydrogens (primary N) is 2. The fourth-order valence-electron chi connectivity index (χ4n) is 6.04. The third-order valence-corrected chi connectivity index (χ3v) is 8.56. The Morgan fingerprint density at radius 2 is 1.37 bits per heavy atom. The summed E-state index contributed by atoms with van der Waals surface area (Å²) in [6, 6.07) is 24.3. The van der Waals surface area contributed by atoms with Crippen LogP contribution >= 0.6 is 0 Å². The summed E-state index contributed by atoms with van der Waals surface area (Å²) in [5, 5.41) is 5.20. The zero-order chi connectivity index (χ0) is 34.7. The van der Waals surface area contributed by atoms with Gasteiger partial charge in [-0.2, -0.15) is 0 Å². The molecule has 0 radical (unpaired) electrons. The molecule has 0 saturated carbocycles. The van der Waals surface area contributed by atoms with Gasteiger partial charge in [-0.1, -0.05) is 48.5 Å². The SMILES string of the molecule is Cc1cccc2[nH]c(OCCCCOC(=O)CCN(CCOC3(C)C=c4ccccc4=N3)CCOC3(C)C=c4ccccc4=N3)cc12.NN. The Morgan fingerprint density at radius 3 is 1.96 bits per heavy atom. The molecule has 0 spiro atoms. The minimum Gasteiger partial charge on any atom is -0.479 e. The first-order chi connectivity index (χ1) is 23.8. The van der Waals surface area contributed by atoms with Crippen LogP contribution in [0.15, 0.2) is 82.8 Å². The largest absolute Gasteiger partial charge is 0.479 e. The van der Waals surface area contributed by atoms with Crippen molar-refractivity contribution in [2.75, 3.05) is 46.1 Å². The highest BCUT2D eigenvalue weighted by Crippen LogP contribution is 2.23. The number of hydrogen-bond donors (Lipinski definition) is 3. The molecule has 0 bridgehead atoms. The molecule has 11 nitrogen and oxygen atoms in total. The van der Waals surface area contributed by atoms with E-state index in [4.69, 9.17) is 28.9 Å². The van der Waals surface area contributed by atoms with Gasteiger partial charge in [-0.25, -0.2) is 9.98 Å². The maximum atomic E-state index is 12.7. The number of fused-ring (bicyclic) bond motifs is 3. The molecule has 2 aliphatic heterocycles. The van der Waals surface area contributed by atoms with Crippen molar-refractivity contribution >= 4 is 29.0 Å². The van der Waals surface area contributed by atoms with E-state index in [1.165, 1.54) is 10.9 Å². The fourth-order valence-corrected chi connectivity index (χ4v) is 6.04. The number of nitrogens with one attached hydrogen (secondary N) is 1. The first-order valence-corrected chi connectivity index (χ1v) is 16.8. The van der Waals surface area contributed by atoms with Gasteiger partial charge in [0.2, 0.25) is 0 Å². The van der Waals surface area contributed by atoms with Crippen LogP contribution in [0.1, 0.15) is 38.7 Å². The summed E-state index contributed by atoms with van der Waals surface area (Å²) in [6.07, 6.45) is 5.91. The Bertz CT molecular complexity index is 1800. The van der Waals surface area contributed by atoms with Crippen LogP contribution < -0.4 is 37.6 Å². The molecule has 11 heteroatoms. The minimum atomic E-state index is -0.710. The van der Waals surface area contributed by atoms with Crippen LogP contribution in [0, 0.1) is 6.92 Å². The molecule has 4 aromatic rings. The maximum Gasteiger partial charge on any atom is 0.307 e. The van der Waals surface area contributed by atoms with Crippen LogP contribution in [-0.2, 0) is 19.0 Å². The summed E-state index contributed by atoms with van der Waals surface area (Å²) in [5.74, 6) is 8.54. The van der Waals surface area contributed by atoms with Crippen LogP contribution in [0.3, 0.4) is 0 Å². The van der Waals surface area contributed by atoms with Crippen molar-refractivity contribution in [2.24, 2.45) is 21.7 Å². The van der Waals surface area contributed by atoms with E-state index in [0.717, 1.165) is 45.4 Å². The predicted molar refractivity (Wildman–Crippen MR) is 190 cm³/mol. The quantitative estimate of drug-likeness (QED) is 0.0672. The molecule has 2 aliphatic rings. The number of hydrogen-bond acceptors (Lipinski definition) is 10. The molecule has 1 aromatic heterocycles. The highest BCUT2D eigenvalue weighted by Gasteiger charge is 2.26. The number of H-pyrrole nitrogens is 1. The van der Waals surface area contributed by atoms with Crippen LogP contribution in [0.4, 0.5) is 0 Å². The van der Waals surface area contributed by atoms with E-state index in [2.05, 4.69) is 46.7 Å². The molecule has 5 N–H and O–H groups in total. The van der Waals surface area contributed by atoms with Crippen molar-refractivity contribution < 1.29 is 23.7 Å². The van der Waals surface area contributed by atoms with E-state index in [9.17, 15) is 4.79 Å². The first-order valence-electron chi connectivity index (χ1n) is 16.8. The van der Waals surface area contributed by atoms with Gasteiger partial charge < -0.3 is 23.9 Å². The number of esters is 1. The number of ether oxygens (including phenoxy) is 4. The lowest BCUT2D eigenvalue weighted by Crippen LogP contribution is -2.37. The summed E-state index contributed by atoms with van der Waals surface area (Å²) >= 11 is 0. The molecule has 2 unspecified atom stereocenters. The molecule has 0 fully saturated rings. The number of carbonyl (C=O) groups excluding carboxylic acids is 1. The van der Waals surface area contributed by atoms with Crippen molar-refractivity contribution in [3.8, 4) is 5.88 Å². The van der Waals surface area contributed by atoms with E-state index in [1.54, 1.807) is 0 Å². The van der Waals surface area contributed by atoms with Gasteiger partial charge in [0.1, 0.15) is 0 Å². The Kier molecular flexibility index (Phi) is 12.3. The molecule has 3 heterocycles. The Hall–Kier alpha value is -4.39. The van der Waals surface area contributed by atoms with Crippen LogP contribution in [-0.4, -0.2) is 73.4 Å². The number of nitrogens with zero attached hydrogens (tertiary/aromatic N) is 3. The molecule has 0 aliphatic carbocycles. The number of carbonyl (C=O) groups is 1. The monoisotopic (exact) mass is 668 g/mol. The van der Waals surface area contributed by atoms with E-state index in [1.807, 2.05) is 80.6 Å². The molecule has 0 amide bonds. The van der Waals surface area contributed by atoms with E-state index in [0.29, 0.717) is 46.1 Å². The number of unbranched alkanes of at least 4 members (excludes halogenated alkanes) is 1. The van der Waals surface area contributed by atoms with Crippen molar-refractivity contribution in [3.05, 3.63) is 99.5 Å². The molecule has 3 aromatic carbocycles. The topological polar surface area (TPSA) is 150 Å². The van der Waals surface area contributed by atoms with Gasteiger partial charge >= 0.3 is 5.97 Å².